The molecule has 26 heavy (non-hydrogen) atoms. The van der Waals surface area contributed by atoms with E-state index in [0.29, 0.717) is 6.61 Å². The molecule has 3 rings (SSSR count). The van der Waals surface area contributed by atoms with Crippen LogP contribution in [0.25, 0.3) is 0 Å². The van der Waals surface area contributed by atoms with E-state index in [-0.39, 0.29) is 0 Å². The fourth-order valence-corrected chi connectivity index (χ4v) is 3.07. The van der Waals surface area contributed by atoms with Gasteiger partial charge in [0.2, 0.25) is 0 Å². The number of hydrogen-bond donors (Lipinski definition) is 1. The van der Waals surface area contributed by atoms with Gasteiger partial charge in [-0.1, -0.05) is 30.9 Å². The molecule has 1 aliphatic heterocycles. The number of benzene rings is 1. The molecule has 1 fully saturated rings. The molecule has 1 aliphatic rings. The number of ether oxygens (including phenoxy) is 1. The van der Waals surface area contributed by atoms with Gasteiger partial charge >= 0.3 is 0 Å². The largest absolute Gasteiger partial charge is 0.490 e. The fraction of sp³-hybridized carbons (Fsp3) is 0.381. The molecule has 1 aromatic carbocycles. The maximum absolute atomic E-state index is 5.52. The topological polar surface area (TPSA) is 40.6 Å². The van der Waals surface area contributed by atoms with Gasteiger partial charge in [0.1, 0.15) is 18.2 Å². The lowest BCUT2D eigenvalue weighted by molar-refractivity contribution is 0.311. The molecule has 0 amide bonds. The predicted octanol–water partition coefficient (Wildman–Crippen LogP) is 2.69. The third kappa shape index (κ3) is 5.07. The Morgan fingerprint density at radius 2 is 1.88 bits per heavy atom. The Balaban J connectivity index is 1.54. The van der Waals surface area contributed by atoms with E-state index >= 15 is 0 Å². The van der Waals surface area contributed by atoms with E-state index < -0.39 is 0 Å². The van der Waals surface area contributed by atoms with Crippen LogP contribution in [-0.4, -0.2) is 49.7 Å². The molecule has 0 radical (unpaired) electrons. The number of nitrogens with one attached hydrogen (secondary N) is 1. The van der Waals surface area contributed by atoms with Gasteiger partial charge in [-0.05, 0) is 30.8 Å². The Bertz CT molecular complexity index is 693. The average molecular weight is 352 g/mol. The lowest BCUT2D eigenvalue weighted by Gasteiger charge is -2.34. The number of rotatable bonds is 8. The molecule has 0 spiro atoms. The van der Waals surface area contributed by atoms with Crippen LogP contribution in [0.2, 0.25) is 0 Å². The van der Waals surface area contributed by atoms with Crippen LogP contribution in [0.1, 0.15) is 11.1 Å². The molecular weight excluding hydrogens is 324 g/mol. The zero-order valence-corrected chi connectivity index (χ0v) is 15.5. The summed E-state index contributed by atoms with van der Waals surface area (Å²) in [4.78, 5) is 9.39. The summed E-state index contributed by atoms with van der Waals surface area (Å²) in [5.74, 6) is 1.99. The standard InChI is InChI=1S/C21H28N4O/c1-3-15-26-20-8-6-18(7-9-20)16-22-17-19-5-4-10-23-21(19)25-13-11-24(2)12-14-25/h3-10,22H,1,11-17H2,2H3. The van der Waals surface area contributed by atoms with E-state index in [9.17, 15) is 0 Å². The van der Waals surface area contributed by atoms with Crippen molar-refractivity contribution in [2.75, 3.05) is 44.7 Å². The van der Waals surface area contributed by atoms with E-state index in [1.807, 2.05) is 24.4 Å². The average Bonchev–Trinajstić information content (AvgIpc) is 2.68. The summed E-state index contributed by atoms with van der Waals surface area (Å²) in [6.07, 6.45) is 3.64. The second-order valence-corrected chi connectivity index (χ2v) is 6.62. The molecule has 2 aromatic rings. The van der Waals surface area contributed by atoms with Crippen molar-refractivity contribution in [1.82, 2.24) is 15.2 Å². The highest BCUT2D eigenvalue weighted by molar-refractivity contribution is 5.47. The van der Waals surface area contributed by atoms with Crippen LogP contribution in [-0.2, 0) is 13.1 Å². The third-order valence-electron chi connectivity index (χ3n) is 4.61. The minimum absolute atomic E-state index is 0.535. The van der Waals surface area contributed by atoms with Crippen molar-refractivity contribution in [1.29, 1.82) is 0 Å². The van der Waals surface area contributed by atoms with Crippen molar-refractivity contribution >= 4 is 5.82 Å². The van der Waals surface area contributed by atoms with Crippen molar-refractivity contribution in [3.63, 3.8) is 0 Å². The van der Waals surface area contributed by atoms with Crippen molar-refractivity contribution in [3.05, 3.63) is 66.4 Å². The first kappa shape index (κ1) is 18.4. The predicted molar refractivity (Wildman–Crippen MR) is 107 cm³/mol. The maximum Gasteiger partial charge on any atom is 0.133 e. The summed E-state index contributed by atoms with van der Waals surface area (Å²) in [6, 6.07) is 12.4. The third-order valence-corrected chi connectivity index (χ3v) is 4.61. The smallest absolute Gasteiger partial charge is 0.133 e. The van der Waals surface area contributed by atoms with Crippen molar-refractivity contribution in [2.45, 2.75) is 13.1 Å². The Labute approximate surface area is 156 Å². The molecule has 5 nitrogen and oxygen atoms in total. The van der Waals surface area contributed by atoms with Crippen molar-refractivity contribution in [2.24, 2.45) is 0 Å². The number of aromatic nitrogens is 1. The highest BCUT2D eigenvalue weighted by Crippen LogP contribution is 2.19. The van der Waals surface area contributed by atoms with E-state index in [4.69, 9.17) is 4.74 Å². The Kier molecular flexibility index (Phi) is 6.63. The van der Waals surface area contributed by atoms with E-state index in [1.165, 1.54) is 11.1 Å². The molecule has 1 aromatic heterocycles. The number of piperazine rings is 1. The molecule has 138 valence electrons. The molecule has 0 aliphatic carbocycles. The molecule has 1 saturated heterocycles. The minimum atomic E-state index is 0.535. The van der Waals surface area contributed by atoms with Gasteiger partial charge in [-0.15, -0.1) is 0 Å². The van der Waals surface area contributed by atoms with E-state index in [1.54, 1.807) is 6.08 Å². The molecule has 5 heteroatoms. The van der Waals surface area contributed by atoms with Gasteiger partial charge in [0.15, 0.2) is 0 Å². The van der Waals surface area contributed by atoms with Crippen molar-refractivity contribution in [3.8, 4) is 5.75 Å². The first-order chi connectivity index (χ1) is 12.8. The van der Waals surface area contributed by atoms with Crippen molar-refractivity contribution < 1.29 is 4.74 Å². The van der Waals surface area contributed by atoms with Gasteiger partial charge in [-0.25, -0.2) is 4.98 Å². The summed E-state index contributed by atoms with van der Waals surface area (Å²) in [5.41, 5.74) is 2.49. The molecular formula is C21H28N4O. The van der Waals surface area contributed by atoms with Crippen LogP contribution in [0.15, 0.2) is 55.3 Å². The number of pyridine rings is 1. The van der Waals surface area contributed by atoms with Crippen LogP contribution in [0, 0.1) is 0 Å². The number of hydrogen-bond acceptors (Lipinski definition) is 5. The zero-order chi connectivity index (χ0) is 18.2. The summed E-state index contributed by atoms with van der Waals surface area (Å²) in [6.45, 7) is 10.1. The van der Waals surface area contributed by atoms with Gasteiger partial charge in [0.05, 0.1) is 0 Å². The van der Waals surface area contributed by atoms with Gasteiger partial charge < -0.3 is 19.9 Å². The first-order valence-corrected chi connectivity index (χ1v) is 9.17. The fourth-order valence-electron chi connectivity index (χ4n) is 3.07. The molecule has 0 atom stereocenters. The quantitative estimate of drug-likeness (QED) is 0.740. The normalized spacial score (nSPS) is 15.0. The Hall–Kier alpha value is -2.37. The maximum atomic E-state index is 5.52. The molecule has 0 saturated carbocycles. The first-order valence-electron chi connectivity index (χ1n) is 9.17. The molecule has 0 unspecified atom stereocenters. The number of likely N-dealkylation sites (N-methyl/N-ethyl adjacent to an activating group) is 1. The Morgan fingerprint density at radius 3 is 2.62 bits per heavy atom. The summed E-state index contributed by atoms with van der Waals surface area (Å²) < 4.78 is 5.52. The van der Waals surface area contributed by atoms with Crippen LogP contribution >= 0.6 is 0 Å². The van der Waals surface area contributed by atoms with Crippen LogP contribution in [0.4, 0.5) is 5.82 Å². The lowest BCUT2D eigenvalue weighted by Crippen LogP contribution is -2.45. The second kappa shape index (κ2) is 9.36. The highest BCUT2D eigenvalue weighted by atomic mass is 16.5. The Morgan fingerprint density at radius 1 is 1.12 bits per heavy atom. The summed E-state index contributed by atoms with van der Waals surface area (Å²) in [7, 11) is 2.17. The summed E-state index contributed by atoms with van der Waals surface area (Å²) >= 11 is 0. The van der Waals surface area contributed by atoms with E-state index in [0.717, 1.165) is 50.8 Å². The lowest BCUT2D eigenvalue weighted by atomic mass is 10.2. The van der Waals surface area contributed by atoms with Gasteiger partial charge in [-0.3, -0.25) is 0 Å². The molecule has 2 heterocycles. The highest BCUT2D eigenvalue weighted by Gasteiger charge is 2.17. The molecule has 0 bridgehead atoms. The minimum Gasteiger partial charge on any atom is -0.490 e. The number of anilines is 1. The summed E-state index contributed by atoms with van der Waals surface area (Å²) in [5, 5.41) is 3.53. The zero-order valence-electron chi connectivity index (χ0n) is 15.5. The number of nitrogens with zero attached hydrogens (tertiary/aromatic N) is 3. The van der Waals surface area contributed by atoms with Gasteiger partial charge in [-0.2, -0.15) is 0 Å². The second-order valence-electron chi connectivity index (χ2n) is 6.62. The SMILES string of the molecule is C=CCOc1ccc(CNCc2cccnc2N2CCN(C)CC2)cc1. The van der Waals surface area contributed by atoms with E-state index in [2.05, 4.69) is 51.9 Å². The van der Waals surface area contributed by atoms with Gasteiger partial charge in [0.25, 0.3) is 0 Å². The van der Waals surface area contributed by atoms with Crippen LogP contribution < -0.4 is 15.0 Å². The van der Waals surface area contributed by atoms with Crippen LogP contribution in [0.3, 0.4) is 0 Å². The van der Waals surface area contributed by atoms with Gasteiger partial charge in [0, 0.05) is 51.0 Å². The molecule has 1 N–H and O–H groups in total. The van der Waals surface area contributed by atoms with Crippen LogP contribution in [0.5, 0.6) is 5.75 Å². The monoisotopic (exact) mass is 352 g/mol.